The minimum atomic E-state index is -3.03. The third kappa shape index (κ3) is 5.61. The molecule has 1 amide bonds. The zero-order chi connectivity index (χ0) is 16.0. The van der Waals surface area contributed by atoms with E-state index < -0.39 is 9.84 Å². The summed E-state index contributed by atoms with van der Waals surface area (Å²) in [7, 11) is -3.03. The van der Waals surface area contributed by atoms with Crippen molar-refractivity contribution in [2.75, 3.05) is 17.8 Å². The summed E-state index contributed by atoms with van der Waals surface area (Å²) < 4.78 is 22.0. The lowest BCUT2D eigenvalue weighted by Crippen LogP contribution is -2.30. The van der Waals surface area contributed by atoms with Gasteiger partial charge in [-0.15, -0.1) is 5.10 Å². The highest BCUT2D eigenvalue weighted by molar-refractivity contribution is 8.14. The topological polar surface area (TPSA) is 88.0 Å². The molecule has 0 saturated heterocycles. The highest BCUT2D eigenvalue weighted by Gasteiger charge is 2.14. The molecule has 2 rings (SSSR count). The first-order chi connectivity index (χ1) is 10.4. The number of benzene rings is 1. The molecule has 22 heavy (non-hydrogen) atoms. The Hall–Kier alpha value is -1.67. The van der Waals surface area contributed by atoms with Crippen molar-refractivity contribution in [2.45, 2.75) is 12.8 Å². The summed E-state index contributed by atoms with van der Waals surface area (Å²) in [5.74, 6) is 0.399. The van der Waals surface area contributed by atoms with Crippen LogP contribution in [0.3, 0.4) is 0 Å². The molecule has 0 fully saturated rings. The molecule has 0 unspecified atom stereocenters. The van der Waals surface area contributed by atoms with Crippen LogP contribution in [-0.4, -0.2) is 43.0 Å². The van der Waals surface area contributed by atoms with E-state index in [1.807, 2.05) is 30.3 Å². The molecule has 118 valence electrons. The molecule has 6 nitrogen and oxygen atoms in total. The average molecular weight is 339 g/mol. The predicted octanol–water partition coefficient (Wildman–Crippen LogP) is 1.43. The van der Waals surface area contributed by atoms with Crippen molar-refractivity contribution in [2.24, 2.45) is 10.2 Å². The second-order valence-electron chi connectivity index (χ2n) is 4.89. The molecule has 1 aliphatic heterocycles. The first-order valence-corrected chi connectivity index (χ1v) is 9.79. The molecule has 0 radical (unpaired) electrons. The van der Waals surface area contributed by atoms with E-state index in [0.29, 0.717) is 17.3 Å². The Kier molecular flexibility index (Phi) is 5.73. The summed E-state index contributed by atoms with van der Waals surface area (Å²) in [6.07, 6.45) is 1.62. The minimum Gasteiger partial charge on any atom is -0.304 e. The van der Waals surface area contributed by atoms with Crippen LogP contribution in [-0.2, 0) is 14.6 Å². The number of rotatable bonds is 5. The first-order valence-electron chi connectivity index (χ1n) is 6.74. The summed E-state index contributed by atoms with van der Waals surface area (Å²) in [6.45, 7) is 0. The third-order valence-corrected chi connectivity index (χ3v) is 4.78. The monoisotopic (exact) mass is 339 g/mol. The number of sulfone groups is 1. The summed E-state index contributed by atoms with van der Waals surface area (Å²) in [6, 6.07) is 9.73. The average Bonchev–Trinajstić information content (AvgIpc) is 2.47. The standard InChI is InChI=1S/C14H17N3O3S2/c1-22(19,20)9-5-8-13(18)15-14-17-16-12(10-21-14)11-6-3-2-4-7-11/h2-4,6-7H,5,8-10H2,1H3,(H,15,17,18). The fourth-order valence-corrected chi connectivity index (χ4v) is 3.26. The van der Waals surface area contributed by atoms with Crippen molar-refractivity contribution in [3.05, 3.63) is 35.9 Å². The van der Waals surface area contributed by atoms with E-state index in [9.17, 15) is 13.2 Å². The zero-order valence-corrected chi connectivity index (χ0v) is 13.8. The lowest BCUT2D eigenvalue weighted by molar-refractivity contribution is -0.119. The van der Waals surface area contributed by atoms with Gasteiger partial charge in [0, 0.05) is 18.4 Å². The van der Waals surface area contributed by atoms with E-state index in [2.05, 4.69) is 15.5 Å². The maximum absolute atomic E-state index is 11.7. The summed E-state index contributed by atoms with van der Waals surface area (Å²) in [4.78, 5) is 11.7. The number of hydrogen-bond acceptors (Lipinski definition) is 6. The molecular formula is C14H17N3O3S2. The largest absolute Gasteiger partial charge is 0.304 e. The van der Waals surface area contributed by atoms with E-state index in [1.54, 1.807) is 0 Å². The maximum atomic E-state index is 11.7. The maximum Gasteiger partial charge on any atom is 0.226 e. The summed E-state index contributed by atoms with van der Waals surface area (Å²) in [5.41, 5.74) is 1.87. The molecule has 0 atom stereocenters. The van der Waals surface area contributed by atoms with Gasteiger partial charge in [0.25, 0.3) is 0 Å². The number of nitrogens with one attached hydrogen (secondary N) is 1. The van der Waals surface area contributed by atoms with E-state index in [0.717, 1.165) is 17.5 Å². The second-order valence-corrected chi connectivity index (χ2v) is 8.11. The Morgan fingerprint density at radius 3 is 2.59 bits per heavy atom. The van der Waals surface area contributed by atoms with Gasteiger partial charge in [-0.25, -0.2) is 8.42 Å². The smallest absolute Gasteiger partial charge is 0.226 e. The van der Waals surface area contributed by atoms with Crippen LogP contribution in [0.25, 0.3) is 0 Å². The molecule has 1 aliphatic rings. The quantitative estimate of drug-likeness (QED) is 0.879. The number of hydrogen-bond donors (Lipinski definition) is 1. The van der Waals surface area contributed by atoms with Crippen LogP contribution in [0.1, 0.15) is 18.4 Å². The summed E-state index contributed by atoms with van der Waals surface area (Å²) >= 11 is 1.40. The number of thioether (sulfide) groups is 1. The van der Waals surface area contributed by atoms with Crippen LogP contribution in [0.4, 0.5) is 0 Å². The molecule has 0 saturated carbocycles. The highest BCUT2D eigenvalue weighted by atomic mass is 32.2. The molecular weight excluding hydrogens is 322 g/mol. The van der Waals surface area contributed by atoms with E-state index >= 15 is 0 Å². The van der Waals surface area contributed by atoms with Crippen LogP contribution in [0.2, 0.25) is 0 Å². The molecule has 0 spiro atoms. The fourth-order valence-electron chi connectivity index (χ4n) is 1.81. The van der Waals surface area contributed by atoms with Crippen LogP contribution in [0.15, 0.2) is 40.5 Å². The van der Waals surface area contributed by atoms with Crippen molar-refractivity contribution in [3.63, 3.8) is 0 Å². The lowest BCUT2D eigenvalue weighted by Gasteiger charge is -2.12. The van der Waals surface area contributed by atoms with Gasteiger partial charge in [0.2, 0.25) is 5.91 Å². The summed E-state index contributed by atoms with van der Waals surface area (Å²) in [5, 5.41) is 11.2. The van der Waals surface area contributed by atoms with Crippen LogP contribution < -0.4 is 5.32 Å². The van der Waals surface area contributed by atoms with Crippen LogP contribution in [0.5, 0.6) is 0 Å². The molecule has 1 heterocycles. The van der Waals surface area contributed by atoms with Crippen molar-refractivity contribution >= 4 is 38.4 Å². The van der Waals surface area contributed by atoms with Gasteiger partial charge in [-0.2, -0.15) is 5.10 Å². The van der Waals surface area contributed by atoms with Gasteiger partial charge in [0.05, 0.1) is 11.5 Å². The Labute approximate surface area is 134 Å². The van der Waals surface area contributed by atoms with Crippen molar-refractivity contribution in [1.29, 1.82) is 0 Å². The molecule has 1 N–H and O–H groups in total. The number of amides is 1. The van der Waals surface area contributed by atoms with Gasteiger partial charge in [-0.1, -0.05) is 42.1 Å². The molecule has 0 bridgehead atoms. The molecule has 1 aromatic carbocycles. The number of carbonyl (C=O) groups is 1. The van der Waals surface area contributed by atoms with Gasteiger partial charge in [-0.05, 0) is 12.0 Å². The third-order valence-electron chi connectivity index (χ3n) is 2.88. The van der Waals surface area contributed by atoms with E-state index in [-0.39, 0.29) is 18.1 Å². The normalized spacial score (nSPS) is 15.0. The van der Waals surface area contributed by atoms with Gasteiger partial charge in [0.1, 0.15) is 9.84 Å². The molecule has 0 aromatic heterocycles. The number of amidine groups is 1. The SMILES string of the molecule is CS(=O)(=O)CCCC(=O)NC1=NN=C(c2ccccc2)CS1. The molecule has 0 aliphatic carbocycles. The highest BCUT2D eigenvalue weighted by Crippen LogP contribution is 2.14. The fraction of sp³-hybridized carbons (Fsp3) is 0.357. The number of nitrogens with zero attached hydrogens (tertiary/aromatic N) is 2. The van der Waals surface area contributed by atoms with Crippen molar-refractivity contribution in [1.82, 2.24) is 5.32 Å². The van der Waals surface area contributed by atoms with Gasteiger partial charge in [0.15, 0.2) is 5.17 Å². The first kappa shape index (κ1) is 16.7. The van der Waals surface area contributed by atoms with Crippen molar-refractivity contribution < 1.29 is 13.2 Å². The zero-order valence-electron chi connectivity index (χ0n) is 12.2. The Morgan fingerprint density at radius 1 is 1.27 bits per heavy atom. The molecule has 8 heteroatoms. The minimum absolute atomic E-state index is 0.0103. The predicted molar refractivity (Wildman–Crippen MR) is 90.0 cm³/mol. The lowest BCUT2D eigenvalue weighted by atomic mass is 10.1. The Bertz CT molecular complexity index is 697. The second kappa shape index (κ2) is 7.55. The van der Waals surface area contributed by atoms with Crippen LogP contribution >= 0.6 is 11.8 Å². The van der Waals surface area contributed by atoms with Crippen molar-refractivity contribution in [3.8, 4) is 0 Å². The number of carbonyl (C=O) groups excluding carboxylic acids is 1. The van der Waals surface area contributed by atoms with E-state index in [1.165, 1.54) is 11.8 Å². The Balaban J connectivity index is 1.86. The Morgan fingerprint density at radius 2 is 2.00 bits per heavy atom. The van der Waals surface area contributed by atoms with E-state index in [4.69, 9.17) is 0 Å². The van der Waals surface area contributed by atoms with Crippen LogP contribution in [0, 0.1) is 0 Å². The van der Waals surface area contributed by atoms with Gasteiger partial charge < -0.3 is 5.32 Å². The van der Waals surface area contributed by atoms with Gasteiger partial charge in [-0.3, -0.25) is 4.79 Å². The molecule has 1 aromatic rings. The van der Waals surface area contributed by atoms with Gasteiger partial charge >= 0.3 is 0 Å².